The summed E-state index contributed by atoms with van der Waals surface area (Å²) in [6.07, 6.45) is 2.29. The summed E-state index contributed by atoms with van der Waals surface area (Å²) in [5.74, 6) is 0.410. The highest BCUT2D eigenvalue weighted by molar-refractivity contribution is 5.69. The number of anilines is 2. The fourth-order valence-electron chi connectivity index (χ4n) is 2.79. The van der Waals surface area contributed by atoms with Crippen molar-refractivity contribution in [3.63, 3.8) is 0 Å². The van der Waals surface area contributed by atoms with Crippen molar-refractivity contribution < 1.29 is 5.11 Å². The number of rotatable bonds is 1. The van der Waals surface area contributed by atoms with Gasteiger partial charge in [0.25, 0.3) is 0 Å². The van der Waals surface area contributed by atoms with Crippen LogP contribution in [0.15, 0.2) is 12.1 Å². The molecule has 0 radical (unpaired) electrons. The summed E-state index contributed by atoms with van der Waals surface area (Å²) in [4.78, 5) is 4.62. The first-order valence-electron chi connectivity index (χ1n) is 6.77. The smallest absolute Gasteiger partial charge is 0.140 e. The maximum atomic E-state index is 10.2. The van der Waals surface area contributed by atoms with Crippen molar-refractivity contribution in [2.75, 3.05) is 50.0 Å². The van der Waals surface area contributed by atoms with Crippen LogP contribution in [0, 0.1) is 0 Å². The summed E-state index contributed by atoms with van der Waals surface area (Å²) in [5.41, 5.74) is 3.45. The summed E-state index contributed by atoms with van der Waals surface area (Å²) in [5, 5.41) is 13.5. The second-order valence-corrected chi connectivity index (χ2v) is 5.32. The van der Waals surface area contributed by atoms with Crippen LogP contribution in [0.1, 0.15) is 12.0 Å². The van der Waals surface area contributed by atoms with E-state index in [-0.39, 0.29) is 0 Å². The molecule has 1 saturated heterocycles. The van der Waals surface area contributed by atoms with Crippen molar-refractivity contribution in [2.45, 2.75) is 12.8 Å². The average molecular weight is 247 g/mol. The van der Waals surface area contributed by atoms with Crippen molar-refractivity contribution in [3.8, 4) is 5.75 Å². The van der Waals surface area contributed by atoms with Crippen molar-refractivity contribution in [1.82, 2.24) is 4.90 Å². The zero-order valence-electron chi connectivity index (χ0n) is 10.9. The molecular formula is C14H21N3O. The van der Waals surface area contributed by atoms with Gasteiger partial charge in [-0.05, 0) is 31.5 Å². The monoisotopic (exact) mass is 247 g/mol. The Morgan fingerprint density at radius 1 is 1.17 bits per heavy atom. The summed E-state index contributed by atoms with van der Waals surface area (Å²) in [6.45, 7) is 5.14. The number of nitrogens with zero attached hydrogens (tertiary/aromatic N) is 2. The van der Waals surface area contributed by atoms with E-state index < -0.39 is 0 Å². The molecule has 2 heterocycles. The Hall–Kier alpha value is -1.42. The second-order valence-electron chi connectivity index (χ2n) is 5.32. The number of aryl methyl sites for hydroxylation is 1. The molecule has 1 fully saturated rings. The molecule has 18 heavy (non-hydrogen) atoms. The molecule has 0 bridgehead atoms. The van der Waals surface area contributed by atoms with E-state index >= 15 is 0 Å². The van der Waals surface area contributed by atoms with Gasteiger partial charge in [-0.2, -0.15) is 0 Å². The third-order valence-electron chi connectivity index (χ3n) is 3.98. The summed E-state index contributed by atoms with van der Waals surface area (Å²) >= 11 is 0. The van der Waals surface area contributed by atoms with Gasteiger partial charge in [0.15, 0.2) is 0 Å². The molecule has 0 spiro atoms. The Morgan fingerprint density at radius 3 is 2.72 bits per heavy atom. The fourth-order valence-corrected chi connectivity index (χ4v) is 2.79. The van der Waals surface area contributed by atoms with E-state index in [1.165, 1.54) is 12.0 Å². The molecular weight excluding hydrogens is 226 g/mol. The predicted molar refractivity (Wildman–Crippen MR) is 74.6 cm³/mol. The normalized spacial score (nSPS) is 20.4. The van der Waals surface area contributed by atoms with Crippen LogP contribution in [0.3, 0.4) is 0 Å². The highest BCUT2D eigenvalue weighted by Gasteiger charge is 2.19. The Bertz CT molecular complexity index is 439. The average Bonchev–Trinajstić information content (AvgIpc) is 2.39. The Labute approximate surface area is 108 Å². The predicted octanol–water partition coefficient (Wildman–Crippen LogP) is 1.50. The molecule has 0 aliphatic carbocycles. The number of aromatic hydroxyl groups is 1. The minimum absolute atomic E-state index is 0.410. The number of fused-ring (bicyclic) bond motifs is 1. The Kier molecular flexibility index (Phi) is 3.04. The number of nitrogens with one attached hydrogen (secondary N) is 1. The van der Waals surface area contributed by atoms with Gasteiger partial charge < -0.3 is 20.2 Å². The maximum absolute atomic E-state index is 10.2. The van der Waals surface area contributed by atoms with Crippen molar-refractivity contribution in [1.29, 1.82) is 0 Å². The summed E-state index contributed by atoms with van der Waals surface area (Å²) in [6, 6.07) is 4.06. The molecule has 4 nitrogen and oxygen atoms in total. The zero-order valence-corrected chi connectivity index (χ0v) is 10.9. The molecule has 98 valence electrons. The van der Waals surface area contributed by atoms with E-state index in [1.54, 1.807) is 0 Å². The van der Waals surface area contributed by atoms with Crippen LogP contribution in [-0.4, -0.2) is 49.8 Å². The van der Waals surface area contributed by atoms with E-state index in [9.17, 15) is 5.11 Å². The lowest BCUT2D eigenvalue weighted by atomic mass is 10.0. The van der Waals surface area contributed by atoms with E-state index in [1.807, 2.05) is 6.07 Å². The van der Waals surface area contributed by atoms with Crippen LogP contribution >= 0.6 is 0 Å². The lowest BCUT2D eigenvalue weighted by molar-refractivity contribution is 0.311. The molecule has 0 amide bonds. The van der Waals surface area contributed by atoms with Crippen LogP contribution in [0.5, 0.6) is 5.75 Å². The standard InChI is InChI=1S/C14H21N3O/c1-16-5-7-17(8-6-16)13-9-11-3-2-4-15-12(11)10-14(13)18/h9-10,15,18H,2-8H2,1H3. The van der Waals surface area contributed by atoms with Gasteiger partial charge >= 0.3 is 0 Å². The lowest BCUT2D eigenvalue weighted by Crippen LogP contribution is -2.44. The summed E-state index contributed by atoms with van der Waals surface area (Å²) < 4.78 is 0. The molecule has 2 N–H and O–H groups in total. The number of hydrogen-bond acceptors (Lipinski definition) is 4. The number of phenolic OH excluding ortho intramolecular Hbond substituents is 1. The quantitative estimate of drug-likeness (QED) is 0.789. The van der Waals surface area contributed by atoms with Gasteiger partial charge in [0, 0.05) is 44.5 Å². The molecule has 4 heteroatoms. The third kappa shape index (κ3) is 2.12. The van der Waals surface area contributed by atoms with Gasteiger partial charge in [-0.3, -0.25) is 0 Å². The zero-order chi connectivity index (χ0) is 12.5. The van der Waals surface area contributed by atoms with Crippen molar-refractivity contribution in [2.24, 2.45) is 0 Å². The highest BCUT2D eigenvalue weighted by Crippen LogP contribution is 2.35. The van der Waals surface area contributed by atoms with Gasteiger partial charge in [-0.25, -0.2) is 0 Å². The Balaban J connectivity index is 1.87. The van der Waals surface area contributed by atoms with Crippen LogP contribution < -0.4 is 10.2 Å². The minimum Gasteiger partial charge on any atom is -0.506 e. The van der Waals surface area contributed by atoms with Gasteiger partial charge in [-0.15, -0.1) is 0 Å². The first-order chi connectivity index (χ1) is 8.74. The molecule has 0 saturated carbocycles. The molecule has 2 aliphatic rings. The van der Waals surface area contributed by atoms with Crippen LogP contribution in [0.2, 0.25) is 0 Å². The molecule has 2 aliphatic heterocycles. The fraction of sp³-hybridized carbons (Fsp3) is 0.571. The highest BCUT2D eigenvalue weighted by atomic mass is 16.3. The number of benzene rings is 1. The van der Waals surface area contributed by atoms with E-state index in [4.69, 9.17) is 0 Å². The minimum atomic E-state index is 0.410. The topological polar surface area (TPSA) is 38.7 Å². The first-order valence-corrected chi connectivity index (χ1v) is 6.77. The second kappa shape index (κ2) is 4.69. The van der Waals surface area contributed by atoms with Gasteiger partial charge in [-0.1, -0.05) is 0 Å². The van der Waals surface area contributed by atoms with Gasteiger partial charge in [0.05, 0.1) is 5.69 Å². The number of piperazine rings is 1. The van der Waals surface area contributed by atoms with E-state index in [0.717, 1.165) is 50.5 Å². The largest absolute Gasteiger partial charge is 0.506 e. The number of phenols is 1. The van der Waals surface area contributed by atoms with E-state index in [0.29, 0.717) is 5.75 Å². The van der Waals surface area contributed by atoms with E-state index in [2.05, 4.69) is 28.2 Å². The molecule has 0 atom stereocenters. The molecule has 0 aromatic heterocycles. The van der Waals surface area contributed by atoms with Gasteiger partial charge in [0.1, 0.15) is 5.75 Å². The molecule has 3 rings (SSSR count). The first kappa shape index (κ1) is 11.7. The van der Waals surface area contributed by atoms with Crippen molar-refractivity contribution in [3.05, 3.63) is 17.7 Å². The Morgan fingerprint density at radius 2 is 1.94 bits per heavy atom. The van der Waals surface area contributed by atoms with Crippen LogP contribution in [0.25, 0.3) is 0 Å². The number of likely N-dealkylation sites (N-methyl/N-ethyl adjacent to an activating group) is 1. The number of hydrogen-bond donors (Lipinski definition) is 2. The van der Waals surface area contributed by atoms with Crippen molar-refractivity contribution >= 4 is 11.4 Å². The van der Waals surface area contributed by atoms with Crippen LogP contribution in [-0.2, 0) is 6.42 Å². The molecule has 0 unspecified atom stereocenters. The maximum Gasteiger partial charge on any atom is 0.140 e. The van der Waals surface area contributed by atoms with Crippen LogP contribution in [0.4, 0.5) is 11.4 Å². The lowest BCUT2D eigenvalue weighted by Gasteiger charge is -2.35. The SMILES string of the molecule is CN1CCN(c2cc3c(cc2O)NCCC3)CC1. The third-order valence-corrected chi connectivity index (χ3v) is 3.98. The molecule has 1 aromatic rings. The summed E-state index contributed by atoms with van der Waals surface area (Å²) in [7, 11) is 2.15. The molecule has 1 aromatic carbocycles. The van der Waals surface area contributed by atoms with Gasteiger partial charge in [0.2, 0.25) is 0 Å².